The van der Waals surface area contributed by atoms with Gasteiger partial charge in [-0.25, -0.2) is 18.7 Å². The Labute approximate surface area is 175 Å². The normalized spacial score (nSPS) is 14.3. The molecular formula is C20H28FN3O3S2. The summed E-state index contributed by atoms with van der Waals surface area (Å²) in [5, 5.41) is 16.2. The largest absolute Gasteiger partial charge is 0.383 e. The smallest absolute Gasteiger partial charge is 0.259 e. The van der Waals surface area contributed by atoms with E-state index in [4.69, 9.17) is 5.14 Å². The molecule has 0 radical (unpaired) electrons. The maximum Gasteiger partial charge on any atom is 0.259 e. The number of halogens is 1. The number of carbonyl (C=O) groups excluding carboxylic acids is 1. The Hall–Kier alpha value is -1.68. The second kappa shape index (κ2) is 8.59. The molecule has 2 aromatic rings. The molecule has 1 atom stereocenters. The van der Waals surface area contributed by atoms with E-state index >= 15 is 0 Å². The van der Waals surface area contributed by atoms with E-state index in [2.05, 4.69) is 9.35 Å². The van der Waals surface area contributed by atoms with E-state index in [0.29, 0.717) is 16.1 Å². The Morgan fingerprint density at radius 2 is 1.93 bits per heavy atom. The van der Waals surface area contributed by atoms with Crippen molar-refractivity contribution in [2.24, 2.45) is 9.50 Å². The third-order valence-corrected chi connectivity index (χ3v) is 7.63. The van der Waals surface area contributed by atoms with Gasteiger partial charge in [0.1, 0.15) is 20.6 Å². The third-order valence-electron chi connectivity index (χ3n) is 4.40. The van der Waals surface area contributed by atoms with E-state index in [1.807, 2.05) is 27.7 Å². The highest BCUT2D eigenvalue weighted by atomic mass is 32.2. The Kier molecular flexibility index (Phi) is 6.99. The number of hydrogen-bond acceptors (Lipinski definition) is 5. The highest BCUT2D eigenvalue weighted by molar-refractivity contribution is 7.93. The molecule has 0 bridgehead atoms. The molecule has 1 aromatic carbocycles. The number of amides is 1. The van der Waals surface area contributed by atoms with Crippen molar-refractivity contribution in [3.05, 3.63) is 45.8 Å². The van der Waals surface area contributed by atoms with Crippen molar-refractivity contribution in [3.8, 4) is 0 Å². The number of nitrogens with two attached hydrogens (primary N) is 1. The molecule has 2 rings (SSSR count). The zero-order valence-electron chi connectivity index (χ0n) is 17.5. The zero-order chi connectivity index (χ0) is 22.1. The van der Waals surface area contributed by atoms with E-state index in [0.717, 1.165) is 16.9 Å². The first-order valence-corrected chi connectivity index (χ1v) is 11.7. The average Bonchev–Trinajstić information content (AvgIpc) is 3.04. The summed E-state index contributed by atoms with van der Waals surface area (Å²) >= 11 is 0.946. The summed E-state index contributed by atoms with van der Waals surface area (Å²) in [5.41, 5.74) is 0.664. The summed E-state index contributed by atoms with van der Waals surface area (Å²) in [4.78, 5) is 16.7. The molecule has 1 unspecified atom stereocenters. The molecule has 0 spiro atoms. The summed E-state index contributed by atoms with van der Waals surface area (Å²) in [6.45, 7) is 10.7. The number of rotatable bonds is 6. The summed E-state index contributed by atoms with van der Waals surface area (Å²) in [6, 6.07) is 3.09. The zero-order valence-corrected chi connectivity index (χ0v) is 19.2. The van der Waals surface area contributed by atoms with Crippen molar-refractivity contribution in [1.82, 2.24) is 4.98 Å². The monoisotopic (exact) mass is 441 g/mol. The summed E-state index contributed by atoms with van der Waals surface area (Å²) in [6.07, 6.45) is 1.07. The van der Waals surface area contributed by atoms with Gasteiger partial charge >= 0.3 is 0 Å². The number of carbonyl (C=O) groups is 1. The van der Waals surface area contributed by atoms with Crippen LogP contribution in [0.2, 0.25) is 0 Å². The SMILES string of the molecule is CC(C)c1ccc(F)c(C(C)C)c1CC(=O)N=S(N)(=O)c1cnc(C(C)(C)O)s1. The minimum Gasteiger partial charge on any atom is -0.383 e. The number of nitrogens with zero attached hydrogens (tertiary/aromatic N) is 2. The molecule has 0 saturated carbocycles. The van der Waals surface area contributed by atoms with Crippen molar-refractivity contribution in [3.63, 3.8) is 0 Å². The second-order valence-electron chi connectivity index (χ2n) is 8.11. The maximum atomic E-state index is 14.5. The van der Waals surface area contributed by atoms with Crippen molar-refractivity contribution in [2.45, 2.75) is 69.6 Å². The van der Waals surface area contributed by atoms with Gasteiger partial charge in [-0.1, -0.05) is 33.8 Å². The van der Waals surface area contributed by atoms with E-state index in [1.54, 1.807) is 19.9 Å². The van der Waals surface area contributed by atoms with Crippen LogP contribution in [-0.2, 0) is 26.7 Å². The lowest BCUT2D eigenvalue weighted by Gasteiger charge is -2.19. The predicted octanol–water partition coefficient (Wildman–Crippen LogP) is 4.23. The van der Waals surface area contributed by atoms with E-state index in [1.165, 1.54) is 12.3 Å². The van der Waals surface area contributed by atoms with Gasteiger partial charge in [-0.05, 0) is 48.4 Å². The van der Waals surface area contributed by atoms with Gasteiger partial charge in [0.05, 0.1) is 12.6 Å². The molecule has 6 nitrogen and oxygen atoms in total. The molecule has 160 valence electrons. The second-order valence-corrected chi connectivity index (χ2v) is 11.2. The van der Waals surface area contributed by atoms with Gasteiger partial charge in [-0.2, -0.15) is 0 Å². The van der Waals surface area contributed by atoms with Crippen molar-refractivity contribution in [1.29, 1.82) is 0 Å². The quantitative estimate of drug-likeness (QED) is 0.700. The number of aliphatic hydroxyl groups is 1. The predicted molar refractivity (Wildman–Crippen MR) is 114 cm³/mol. The molecule has 0 aliphatic heterocycles. The van der Waals surface area contributed by atoms with Crippen molar-refractivity contribution >= 4 is 27.2 Å². The van der Waals surface area contributed by atoms with Crippen LogP contribution in [0.15, 0.2) is 26.9 Å². The van der Waals surface area contributed by atoms with Gasteiger partial charge in [0.2, 0.25) is 0 Å². The van der Waals surface area contributed by atoms with Crippen LogP contribution < -0.4 is 5.14 Å². The molecule has 9 heteroatoms. The van der Waals surface area contributed by atoms with Gasteiger partial charge in [0, 0.05) is 0 Å². The molecule has 1 aromatic heterocycles. The number of hydrogen-bond donors (Lipinski definition) is 2. The van der Waals surface area contributed by atoms with E-state index in [9.17, 15) is 18.5 Å². The molecular weight excluding hydrogens is 413 g/mol. The lowest BCUT2D eigenvalue weighted by molar-refractivity contribution is -0.117. The molecule has 0 saturated heterocycles. The molecule has 1 amide bonds. The van der Waals surface area contributed by atoms with Crippen LogP contribution in [0, 0.1) is 5.82 Å². The number of aromatic nitrogens is 1. The minimum atomic E-state index is -3.52. The van der Waals surface area contributed by atoms with Crippen LogP contribution in [0.5, 0.6) is 0 Å². The number of benzene rings is 1. The summed E-state index contributed by atoms with van der Waals surface area (Å²) in [5.74, 6) is -1.12. The minimum absolute atomic E-state index is 0.0778. The van der Waals surface area contributed by atoms with Crippen LogP contribution in [0.1, 0.15) is 75.1 Å². The Balaban J connectivity index is 2.46. The van der Waals surface area contributed by atoms with Crippen LogP contribution in [0.3, 0.4) is 0 Å². The summed E-state index contributed by atoms with van der Waals surface area (Å²) < 4.78 is 31.1. The standard InChI is InChI=1S/C20H28FN3O3S2/c1-11(2)13-7-8-15(21)18(12(3)4)14(13)9-16(25)24-29(22,27)17-10-23-19(28-17)20(5,6)26/h7-8,10-12,26H,9H2,1-6H3,(H2,22,24,25,27). The maximum absolute atomic E-state index is 14.5. The first kappa shape index (κ1) is 23.6. The molecule has 29 heavy (non-hydrogen) atoms. The van der Waals surface area contributed by atoms with Crippen molar-refractivity contribution < 1.29 is 18.5 Å². The lowest BCUT2D eigenvalue weighted by atomic mass is 9.86. The molecule has 0 fully saturated rings. The van der Waals surface area contributed by atoms with Gasteiger partial charge in [0.15, 0.2) is 9.92 Å². The lowest BCUT2D eigenvalue weighted by Crippen LogP contribution is -2.16. The first-order valence-electron chi connectivity index (χ1n) is 9.31. The Morgan fingerprint density at radius 3 is 2.41 bits per heavy atom. The number of thiazole rings is 1. The molecule has 0 aliphatic rings. The fourth-order valence-corrected chi connectivity index (χ4v) is 5.21. The van der Waals surface area contributed by atoms with Crippen LogP contribution in [0.4, 0.5) is 4.39 Å². The highest BCUT2D eigenvalue weighted by Crippen LogP contribution is 2.31. The Bertz CT molecular complexity index is 1030. The van der Waals surface area contributed by atoms with E-state index in [-0.39, 0.29) is 28.3 Å². The Morgan fingerprint density at radius 1 is 1.31 bits per heavy atom. The highest BCUT2D eigenvalue weighted by Gasteiger charge is 2.24. The van der Waals surface area contributed by atoms with Crippen LogP contribution in [-0.4, -0.2) is 20.2 Å². The third kappa shape index (κ3) is 5.48. The topological polar surface area (TPSA) is 106 Å². The molecule has 1 heterocycles. The van der Waals surface area contributed by atoms with Crippen LogP contribution in [0.25, 0.3) is 0 Å². The average molecular weight is 442 g/mol. The van der Waals surface area contributed by atoms with Gasteiger partial charge in [-0.15, -0.1) is 15.7 Å². The van der Waals surface area contributed by atoms with Crippen molar-refractivity contribution in [2.75, 3.05) is 0 Å². The van der Waals surface area contributed by atoms with E-state index < -0.39 is 21.4 Å². The van der Waals surface area contributed by atoms with Gasteiger partial charge in [-0.3, -0.25) is 4.79 Å². The first-order chi connectivity index (χ1) is 13.2. The fourth-order valence-electron chi connectivity index (χ4n) is 3.07. The molecule has 3 N–H and O–H groups in total. The molecule has 0 aliphatic carbocycles. The van der Waals surface area contributed by atoms with Gasteiger partial charge in [0.25, 0.3) is 5.91 Å². The van der Waals surface area contributed by atoms with Gasteiger partial charge < -0.3 is 5.11 Å². The fraction of sp³-hybridized carbons (Fsp3) is 0.500. The van der Waals surface area contributed by atoms with Crippen LogP contribution >= 0.6 is 11.3 Å². The summed E-state index contributed by atoms with van der Waals surface area (Å²) in [7, 11) is -3.52.